The monoisotopic (exact) mass is 305 g/mol. The lowest BCUT2D eigenvalue weighted by atomic mass is 10.1. The van der Waals surface area contributed by atoms with Crippen molar-refractivity contribution in [3.63, 3.8) is 0 Å². The molecule has 4 heteroatoms. The maximum atomic E-state index is 5.86. The van der Waals surface area contributed by atoms with Crippen LogP contribution in [0.5, 0.6) is 0 Å². The van der Waals surface area contributed by atoms with Crippen molar-refractivity contribution >= 4 is 10.8 Å². The Kier molecular flexibility index (Phi) is 4.01. The van der Waals surface area contributed by atoms with Gasteiger partial charge in [0.1, 0.15) is 6.10 Å². The fourth-order valence-corrected chi connectivity index (χ4v) is 3.10. The number of nitrogens with zero attached hydrogens (tertiary/aromatic N) is 3. The summed E-state index contributed by atoms with van der Waals surface area (Å²) >= 11 is 0. The van der Waals surface area contributed by atoms with Gasteiger partial charge in [0.15, 0.2) is 0 Å². The Labute approximate surface area is 135 Å². The van der Waals surface area contributed by atoms with Crippen LogP contribution in [0.4, 0.5) is 0 Å². The van der Waals surface area contributed by atoms with Gasteiger partial charge in [-0.3, -0.25) is 14.9 Å². The minimum atomic E-state index is 0.0120. The average molecular weight is 305 g/mol. The van der Waals surface area contributed by atoms with Crippen LogP contribution in [-0.4, -0.2) is 34.6 Å². The summed E-state index contributed by atoms with van der Waals surface area (Å²) in [5.41, 5.74) is 2.25. The number of fused-ring (bicyclic) bond motifs is 1. The molecule has 2 aromatic carbocycles. The quantitative estimate of drug-likeness (QED) is 0.745. The lowest BCUT2D eigenvalue weighted by Gasteiger charge is -2.32. The molecule has 0 bridgehead atoms. The first kappa shape index (κ1) is 14.3. The van der Waals surface area contributed by atoms with E-state index in [1.807, 2.05) is 0 Å². The van der Waals surface area contributed by atoms with E-state index in [9.17, 15) is 0 Å². The van der Waals surface area contributed by atoms with Gasteiger partial charge in [-0.15, -0.1) is 0 Å². The lowest BCUT2D eigenvalue weighted by Crippen LogP contribution is -2.38. The molecule has 4 rings (SSSR count). The SMILES string of the molecule is c1ccc2cc(CN3CCOC(c4cnccn4)C3)ccc2c1. The van der Waals surface area contributed by atoms with Gasteiger partial charge in [-0.25, -0.2) is 0 Å². The molecule has 1 saturated heterocycles. The third-order valence-electron chi connectivity index (χ3n) is 4.28. The predicted octanol–water partition coefficient (Wildman–Crippen LogP) is 3.20. The first-order chi connectivity index (χ1) is 11.4. The van der Waals surface area contributed by atoms with Crippen LogP contribution in [0.25, 0.3) is 10.8 Å². The maximum absolute atomic E-state index is 5.86. The number of benzene rings is 2. The zero-order valence-corrected chi connectivity index (χ0v) is 12.9. The van der Waals surface area contributed by atoms with Crippen molar-refractivity contribution in [1.29, 1.82) is 0 Å². The Balaban J connectivity index is 1.49. The van der Waals surface area contributed by atoms with E-state index in [1.54, 1.807) is 18.6 Å². The molecular formula is C19H19N3O. The smallest absolute Gasteiger partial charge is 0.114 e. The van der Waals surface area contributed by atoms with E-state index in [0.717, 1.165) is 31.9 Å². The summed E-state index contributed by atoms with van der Waals surface area (Å²) in [6, 6.07) is 15.2. The number of hydrogen-bond acceptors (Lipinski definition) is 4. The molecule has 1 unspecified atom stereocenters. The second-order valence-electron chi connectivity index (χ2n) is 5.91. The molecule has 0 N–H and O–H groups in total. The van der Waals surface area contributed by atoms with Gasteiger partial charge in [-0.2, -0.15) is 0 Å². The zero-order valence-electron chi connectivity index (χ0n) is 12.9. The van der Waals surface area contributed by atoms with Crippen molar-refractivity contribution in [1.82, 2.24) is 14.9 Å². The van der Waals surface area contributed by atoms with Crippen LogP contribution < -0.4 is 0 Å². The van der Waals surface area contributed by atoms with E-state index in [4.69, 9.17) is 4.74 Å². The van der Waals surface area contributed by atoms with E-state index >= 15 is 0 Å². The highest BCUT2D eigenvalue weighted by molar-refractivity contribution is 5.82. The lowest BCUT2D eigenvalue weighted by molar-refractivity contribution is -0.0351. The van der Waals surface area contributed by atoms with Crippen LogP contribution in [0.1, 0.15) is 17.4 Å². The molecule has 0 spiro atoms. The van der Waals surface area contributed by atoms with Gasteiger partial charge in [-0.1, -0.05) is 36.4 Å². The Morgan fingerprint density at radius 2 is 2.00 bits per heavy atom. The molecule has 1 atom stereocenters. The van der Waals surface area contributed by atoms with Crippen molar-refractivity contribution in [2.24, 2.45) is 0 Å². The molecule has 2 heterocycles. The number of rotatable bonds is 3. The molecule has 0 saturated carbocycles. The minimum absolute atomic E-state index is 0.0120. The summed E-state index contributed by atoms with van der Waals surface area (Å²) < 4.78 is 5.86. The Hall–Kier alpha value is -2.30. The molecule has 1 aliphatic heterocycles. The molecule has 0 amide bonds. The van der Waals surface area contributed by atoms with Crippen LogP contribution in [0, 0.1) is 0 Å². The van der Waals surface area contributed by atoms with Gasteiger partial charge in [-0.05, 0) is 22.4 Å². The van der Waals surface area contributed by atoms with Crippen molar-refractivity contribution < 1.29 is 4.74 Å². The van der Waals surface area contributed by atoms with Gasteiger partial charge in [0, 0.05) is 32.0 Å². The first-order valence-corrected chi connectivity index (χ1v) is 7.96. The summed E-state index contributed by atoms with van der Waals surface area (Å²) in [6.07, 6.45) is 5.22. The van der Waals surface area contributed by atoms with Crippen molar-refractivity contribution in [3.05, 3.63) is 72.3 Å². The normalized spacial score (nSPS) is 19.0. The predicted molar refractivity (Wildman–Crippen MR) is 90.0 cm³/mol. The van der Waals surface area contributed by atoms with E-state index in [-0.39, 0.29) is 6.10 Å². The molecule has 3 aromatic rings. The summed E-state index contributed by atoms with van der Waals surface area (Å²) in [6.45, 7) is 3.47. The number of morpholine rings is 1. The maximum Gasteiger partial charge on any atom is 0.114 e. The summed E-state index contributed by atoms with van der Waals surface area (Å²) in [5, 5.41) is 2.58. The molecule has 0 radical (unpaired) electrons. The highest BCUT2D eigenvalue weighted by atomic mass is 16.5. The Morgan fingerprint density at radius 1 is 1.09 bits per heavy atom. The van der Waals surface area contributed by atoms with E-state index in [0.29, 0.717) is 0 Å². The standard InChI is InChI=1S/C19H19N3O/c1-2-4-17-11-15(5-6-16(17)3-1)13-22-9-10-23-19(14-22)18-12-20-7-8-21-18/h1-8,11-12,19H,9-10,13-14H2. The fourth-order valence-electron chi connectivity index (χ4n) is 3.10. The van der Waals surface area contributed by atoms with Crippen molar-refractivity contribution in [2.75, 3.05) is 19.7 Å². The highest BCUT2D eigenvalue weighted by Crippen LogP contribution is 2.22. The van der Waals surface area contributed by atoms with Gasteiger partial charge >= 0.3 is 0 Å². The van der Waals surface area contributed by atoms with Crippen LogP contribution in [0.2, 0.25) is 0 Å². The molecule has 1 fully saturated rings. The van der Waals surface area contributed by atoms with E-state index in [1.165, 1.54) is 16.3 Å². The number of aromatic nitrogens is 2. The third-order valence-corrected chi connectivity index (χ3v) is 4.28. The van der Waals surface area contributed by atoms with E-state index < -0.39 is 0 Å². The first-order valence-electron chi connectivity index (χ1n) is 7.96. The average Bonchev–Trinajstić information content (AvgIpc) is 2.63. The van der Waals surface area contributed by atoms with Crippen LogP contribution >= 0.6 is 0 Å². The molecule has 1 aromatic heterocycles. The summed E-state index contributed by atoms with van der Waals surface area (Å²) in [4.78, 5) is 10.9. The minimum Gasteiger partial charge on any atom is -0.369 e. The number of ether oxygens (including phenoxy) is 1. The third kappa shape index (κ3) is 3.23. The molecule has 0 aliphatic carbocycles. The largest absolute Gasteiger partial charge is 0.369 e. The summed E-state index contributed by atoms with van der Waals surface area (Å²) in [7, 11) is 0. The van der Waals surface area contributed by atoms with Gasteiger partial charge < -0.3 is 4.74 Å². The van der Waals surface area contributed by atoms with Gasteiger partial charge in [0.05, 0.1) is 18.5 Å². The second-order valence-corrected chi connectivity index (χ2v) is 5.91. The van der Waals surface area contributed by atoms with Gasteiger partial charge in [0.25, 0.3) is 0 Å². The number of hydrogen-bond donors (Lipinski definition) is 0. The Morgan fingerprint density at radius 3 is 2.87 bits per heavy atom. The molecule has 116 valence electrons. The molecule has 4 nitrogen and oxygen atoms in total. The second kappa shape index (κ2) is 6.44. The van der Waals surface area contributed by atoms with Crippen LogP contribution in [0.15, 0.2) is 61.1 Å². The van der Waals surface area contributed by atoms with Crippen LogP contribution in [-0.2, 0) is 11.3 Å². The highest BCUT2D eigenvalue weighted by Gasteiger charge is 2.23. The van der Waals surface area contributed by atoms with Crippen molar-refractivity contribution in [2.45, 2.75) is 12.6 Å². The van der Waals surface area contributed by atoms with Crippen molar-refractivity contribution in [3.8, 4) is 0 Å². The molecule has 23 heavy (non-hydrogen) atoms. The topological polar surface area (TPSA) is 38.2 Å². The summed E-state index contributed by atoms with van der Waals surface area (Å²) in [5.74, 6) is 0. The zero-order chi connectivity index (χ0) is 15.5. The molecule has 1 aliphatic rings. The van der Waals surface area contributed by atoms with Gasteiger partial charge in [0.2, 0.25) is 0 Å². The van der Waals surface area contributed by atoms with Crippen LogP contribution in [0.3, 0.4) is 0 Å². The molecular weight excluding hydrogens is 286 g/mol. The van der Waals surface area contributed by atoms with E-state index in [2.05, 4.69) is 57.3 Å². The fraction of sp³-hybridized carbons (Fsp3) is 0.263. The Bertz CT molecular complexity index is 791.